The highest BCUT2D eigenvalue weighted by Gasteiger charge is 1.92. The summed E-state index contributed by atoms with van der Waals surface area (Å²) in [6.45, 7) is 4.65. The van der Waals surface area contributed by atoms with Gasteiger partial charge in [-0.1, -0.05) is 0 Å². The SMILES string of the molecule is CN(C)CCCNCCCN(C)C.Cl. The van der Waals surface area contributed by atoms with E-state index in [1.54, 1.807) is 0 Å². The van der Waals surface area contributed by atoms with Crippen molar-refractivity contribution in [3.63, 3.8) is 0 Å². The van der Waals surface area contributed by atoms with E-state index >= 15 is 0 Å². The fourth-order valence-electron chi connectivity index (χ4n) is 1.17. The third-order valence-corrected chi connectivity index (χ3v) is 1.92. The second-order valence-electron chi connectivity index (χ2n) is 4.06. The third-order valence-electron chi connectivity index (χ3n) is 1.92. The second kappa shape index (κ2) is 11.2. The van der Waals surface area contributed by atoms with Gasteiger partial charge in [0.15, 0.2) is 0 Å². The van der Waals surface area contributed by atoms with Gasteiger partial charge in [-0.15, -0.1) is 12.4 Å². The molecule has 0 amide bonds. The predicted octanol–water partition coefficient (Wildman–Crippen LogP) is 0.901. The monoisotopic (exact) mass is 223 g/mol. The Morgan fingerprint density at radius 1 is 0.786 bits per heavy atom. The lowest BCUT2D eigenvalue weighted by atomic mass is 10.3. The molecule has 3 nitrogen and oxygen atoms in total. The quantitative estimate of drug-likeness (QED) is 0.617. The van der Waals surface area contributed by atoms with Gasteiger partial charge in [-0.25, -0.2) is 0 Å². The van der Waals surface area contributed by atoms with Gasteiger partial charge in [-0.2, -0.15) is 0 Å². The lowest BCUT2D eigenvalue weighted by molar-refractivity contribution is 0.380. The van der Waals surface area contributed by atoms with Crippen LogP contribution in [0.5, 0.6) is 0 Å². The maximum Gasteiger partial charge on any atom is -0.00127 e. The van der Waals surface area contributed by atoms with Crippen LogP contribution in [0.25, 0.3) is 0 Å². The summed E-state index contributed by atoms with van der Waals surface area (Å²) in [6.07, 6.45) is 2.49. The molecule has 0 spiro atoms. The Balaban J connectivity index is 0. The van der Waals surface area contributed by atoms with E-state index in [4.69, 9.17) is 0 Å². The molecule has 0 bridgehead atoms. The number of nitrogens with zero attached hydrogens (tertiary/aromatic N) is 2. The summed E-state index contributed by atoms with van der Waals surface area (Å²) in [5, 5.41) is 3.44. The molecular weight excluding hydrogens is 198 g/mol. The van der Waals surface area contributed by atoms with E-state index in [0.29, 0.717) is 0 Å². The van der Waals surface area contributed by atoms with Gasteiger partial charge in [-0.05, 0) is 67.2 Å². The predicted molar refractivity (Wildman–Crippen MR) is 66.5 cm³/mol. The number of rotatable bonds is 8. The molecule has 0 aromatic heterocycles. The number of nitrogens with one attached hydrogen (secondary N) is 1. The van der Waals surface area contributed by atoms with Crippen molar-refractivity contribution >= 4 is 12.4 Å². The zero-order valence-corrected chi connectivity index (χ0v) is 10.9. The molecule has 0 fully saturated rings. The molecule has 0 aromatic carbocycles. The van der Waals surface area contributed by atoms with Gasteiger partial charge >= 0.3 is 0 Å². The minimum atomic E-state index is 0. The summed E-state index contributed by atoms with van der Waals surface area (Å²) in [5.74, 6) is 0. The van der Waals surface area contributed by atoms with E-state index in [1.165, 1.54) is 25.9 Å². The topological polar surface area (TPSA) is 18.5 Å². The van der Waals surface area contributed by atoms with Crippen LogP contribution < -0.4 is 5.32 Å². The molecule has 1 N–H and O–H groups in total. The Hall–Kier alpha value is 0.170. The highest BCUT2D eigenvalue weighted by atomic mass is 35.5. The smallest absolute Gasteiger partial charge is 0.00127 e. The molecule has 0 unspecified atom stereocenters. The van der Waals surface area contributed by atoms with Crippen molar-refractivity contribution in [2.75, 3.05) is 54.4 Å². The Bertz CT molecular complexity index is 95.5. The molecule has 0 rings (SSSR count). The van der Waals surface area contributed by atoms with Gasteiger partial charge in [0.25, 0.3) is 0 Å². The molecule has 0 aliphatic heterocycles. The Morgan fingerprint density at radius 3 is 1.43 bits per heavy atom. The lowest BCUT2D eigenvalue weighted by Gasteiger charge is -2.11. The van der Waals surface area contributed by atoms with Crippen LogP contribution in [0.2, 0.25) is 0 Å². The standard InChI is InChI=1S/C10H25N3.ClH/c1-12(2)9-5-7-11-8-6-10-13(3)4;/h11H,5-10H2,1-4H3;1H. The minimum Gasteiger partial charge on any atom is -0.317 e. The summed E-state index contributed by atoms with van der Waals surface area (Å²) in [5.41, 5.74) is 0. The molecule has 0 saturated carbocycles. The average Bonchev–Trinajstić information content (AvgIpc) is 2.01. The van der Waals surface area contributed by atoms with Crippen LogP contribution in [0.3, 0.4) is 0 Å². The summed E-state index contributed by atoms with van der Waals surface area (Å²) in [7, 11) is 8.47. The third kappa shape index (κ3) is 14.7. The molecule has 0 saturated heterocycles. The number of hydrogen-bond donors (Lipinski definition) is 1. The summed E-state index contributed by atoms with van der Waals surface area (Å²) >= 11 is 0. The molecule has 88 valence electrons. The zero-order valence-electron chi connectivity index (χ0n) is 10.0. The molecule has 0 heterocycles. The van der Waals surface area contributed by atoms with E-state index in [9.17, 15) is 0 Å². The average molecular weight is 224 g/mol. The van der Waals surface area contributed by atoms with Crippen LogP contribution in [0.15, 0.2) is 0 Å². The Labute approximate surface area is 95.2 Å². The molecule has 0 aliphatic carbocycles. The molecule has 0 aliphatic rings. The lowest BCUT2D eigenvalue weighted by Crippen LogP contribution is -2.24. The van der Waals surface area contributed by atoms with Crippen molar-refractivity contribution in [3.05, 3.63) is 0 Å². The van der Waals surface area contributed by atoms with Gasteiger partial charge in [0.2, 0.25) is 0 Å². The van der Waals surface area contributed by atoms with Crippen LogP contribution in [0.1, 0.15) is 12.8 Å². The Morgan fingerprint density at radius 2 is 1.14 bits per heavy atom. The highest BCUT2D eigenvalue weighted by molar-refractivity contribution is 5.85. The second-order valence-corrected chi connectivity index (χ2v) is 4.06. The van der Waals surface area contributed by atoms with Gasteiger partial charge in [0, 0.05) is 0 Å². The first-order valence-corrected chi connectivity index (χ1v) is 5.13. The van der Waals surface area contributed by atoms with Crippen LogP contribution in [-0.2, 0) is 0 Å². The molecule has 14 heavy (non-hydrogen) atoms. The van der Waals surface area contributed by atoms with Crippen LogP contribution in [-0.4, -0.2) is 64.2 Å². The van der Waals surface area contributed by atoms with E-state index in [1.807, 2.05) is 0 Å². The van der Waals surface area contributed by atoms with Gasteiger partial charge in [-0.3, -0.25) is 0 Å². The molecule has 0 atom stereocenters. The number of hydrogen-bond acceptors (Lipinski definition) is 3. The molecule has 0 aromatic rings. The highest BCUT2D eigenvalue weighted by Crippen LogP contribution is 1.83. The largest absolute Gasteiger partial charge is 0.317 e. The van der Waals surface area contributed by atoms with Gasteiger partial charge < -0.3 is 15.1 Å². The first-order valence-electron chi connectivity index (χ1n) is 5.13. The fraction of sp³-hybridized carbons (Fsp3) is 1.00. The minimum absolute atomic E-state index is 0. The van der Waals surface area contributed by atoms with E-state index < -0.39 is 0 Å². The van der Waals surface area contributed by atoms with Crippen molar-refractivity contribution in [1.29, 1.82) is 0 Å². The van der Waals surface area contributed by atoms with Crippen LogP contribution in [0, 0.1) is 0 Å². The van der Waals surface area contributed by atoms with E-state index in [2.05, 4.69) is 43.3 Å². The van der Waals surface area contributed by atoms with Crippen molar-refractivity contribution in [2.24, 2.45) is 0 Å². The van der Waals surface area contributed by atoms with Gasteiger partial charge in [0.1, 0.15) is 0 Å². The summed E-state index contributed by atoms with van der Waals surface area (Å²) < 4.78 is 0. The van der Waals surface area contributed by atoms with E-state index in [0.717, 1.165) is 13.1 Å². The first kappa shape index (κ1) is 16.6. The normalized spacial score (nSPS) is 10.7. The van der Waals surface area contributed by atoms with Crippen molar-refractivity contribution in [1.82, 2.24) is 15.1 Å². The van der Waals surface area contributed by atoms with E-state index in [-0.39, 0.29) is 12.4 Å². The molecule has 0 radical (unpaired) electrons. The Kier molecular flexibility index (Phi) is 13.3. The summed E-state index contributed by atoms with van der Waals surface area (Å²) in [6, 6.07) is 0. The van der Waals surface area contributed by atoms with Crippen LogP contribution in [0.4, 0.5) is 0 Å². The summed E-state index contributed by atoms with van der Waals surface area (Å²) in [4.78, 5) is 4.45. The zero-order chi connectivity index (χ0) is 10.1. The molecular formula is C10H26ClN3. The van der Waals surface area contributed by atoms with Crippen LogP contribution >= 0.6 is 12.4 Å². The maximum atomic E-state index is 3.44. The first-order chi connectivity index (χ1) is 6.13. The van der Waals surface area contributed by atoms with Gasteiger partial charge in [0.05, 0.1) is 0 Å². The van der Waals surface area contributed by atoms with Crippen molar-refractivity contribution < 1.29 is 0 Å². The van der Waals surface area contributed by atoms with Crippen molar-refractivity contribution in [3.8, 4) is 0 Å². The molecule has 4 heteroatoms. The fourth-order valence-corrected chi connectivity index (χ4v) is 1.17. The van der Waals surface area contributed by atoms with Crippen molar-refractivity contribution in [2.45, 2.75) is 12.8 Å². The maximum absolute atomic E-state index is 3.44. The number of halogens is 1.